The molecule has 98 valence electrons. The summed E-state index contributed by atoms with van der Waals surface area (Å²) in [4.78, 5) is 19.0. The fraction of sp³-hybridized carbons (Fsp3) is 0.615. The van der Waals surface area contributed by atoms with Gasteiger partial charge in [-0.25, -0.2) is 14.8 Å². The zero-order valence-electron chi connectivity index (χ0n) is 10.6. The van der Waals surface area contributed by atoms with Crippen molar-refractivity contribution in [1.82, 2.24) is 9.97 Å². The molecule has 0 aromatic carbocycles. The first kappa shape index (κ1) is 12.8. The maximum absolute atomic E-state index is 10.8. The van der Waals surface area contributed by atoms with Crippen LogP contribution in [-0.2, 0) is 0 Å². The fourth-order valence-electron chi connectivity index (χ4n) is 2.45. The number of hydrogen-bond acceptors (Lipinski definition) is 4. The van der Waals surface area contributed by atoms with Crippen LogP contribution in [0.3, 0.4) is 0 Å². The number of nitrogens with zero attached hydrogens (tertiary/aromatic N) is 2. The molecule has 1 aromatic heterocycles. The average Bonchev–Trinajstić information content (AvgIpc) is 2.81. The lowest BCUT2D eigenvalue weighted by Gasteiger charge is -2.10. The third-order valence-electron chi connectivity index (χ3n) is 3.52. The molecule has 0 amide bonds. The van der Waals surface area contributed by atoms with E-state index >= 15 is 0 Å². The smallest absolute Gasteiger partial charge is 0.339 e. The van der Waals surface area contributed by atoms with Gasteiger partial charge in [0.05, 0.1) is 11.3 Å². The molecule has 0 aliphatic heterocycles. The van der Waals surface area contributed by atoms with Gasteiger partial charge in [-0.2, -0.15) is 0 Å². The molecule has 0 atom stereocenters. The van der Waals surface area contributed by atoms with Crippen molar-refractivity contribution in [3.63, 3.8) is 0 Å². The van der Waals surface area contributed by atoms with E-state index in [2.05, 4.69) is 15.3 Å². The predicted molar refractivity (Wildman–Crippen MR) is 68.8 cm³/mol. The van der Waals surface area contributed by atoms with Gasteiger partial charge in [0.2, 0.25) is 5.95 Å². The van der Waals surface area contributed by atoms with E-state index in [9.17, 15) is 4.79 Å². The van der Waals surface area contributed by atoms with E-state index in [0.29, 0.717) is 11.6 Å². The molecule has 0 bridgehead atoms. The van der Waals surface area contributed by atoms with Crippen LogP contribution >= 0.6 is 0 Å². The summed E-state index contributed by atoms with van der Waals surface area (Å²) < 4.78 is 0. The van der Waals surface area contributed by atoms with Crippen LogP contribution < -0.4 is 5.32 Å². The number of aromatic nitrogens is 2. The number of carboxylic acids is 1. The lowest BCUT2D eigenvalue weighted by molar-refractivity contribution is 0.0695. The van der Waals surface area contributed by atoms with Crippen LogP contribution in [0.2, 0.25) is 0 Å². The number of nitrogens with one attached hydrogen (secondary N) is 1. The van der Waals surface area contributed by atoms with Crippen LogP contribution in [0.1, 0.15) is 48.2 Å². The first-order chi connectivity index (χ1) is 8.66. The standard InChI is InChI=1S/C13H19N3O2/c1-9-11(12(17)18)8-15-13(16-9)14-7-6-10-4-2-3-5-10/h8,10H,2-7H2,1H3,(H,17,18)(H,14,15,16). The van der Waals surface area contributed by atoms with Crippen molar-refractivity contribution < 1.29 is 9.90 Å². The summed E-state index contributed by atoms with van der Waals surface area (Å²) in [7, 11) is 0. The van der Waals surface area contributed by atoms with E-state index in [1.165, 1.54) is 31.9 Å². The maximum Gasteiger partial charge on any atom is 0.339 e. The van der Waals surface area contributed by atoms with Crippen LogP contribution in [0.25, 0.3) is 0 Å². The lowest BCUT2D eigenvalue weighted by atomic mass is 10.0. The Labute approximate surface area is 107 Å². The van der Waals surface area contributed by atoms with Gasteiger partial charge in [-0.05, 0) is 19.3 Å². The molecule has 1 heterocycles. The number of aromatic carboxylic acids is 1. The predicted octanol–water partition coefficient (Wildman–Crippen LogP) is 2.48. The number of hydrogen-bond donors (Lipinski definition) is 2. The summed E-state index contributed by atoms with van der Waals surface area (Å²) in [5.74, 6) is 0.373. The molecule has 2 N–H and O–H groups in total. The molecule has 0 saturated heterocycles. The Morgan fingerprint density at radius 3 is 2.83 bits per heavy atom. The highest BCUT2D eigenvalue weighted by molar-refractivity contribution is 5.88. The van der Waals surface area contributed by atoms with Crippen LogP contribution in [-0.4, -0.2) is 27.6 Å². The van der Waals surface area contributed by atoms with Crippen molar-refractivity contribution in [2.24, 2.45) is 5.92 Å². The van der Waals surface area contributed by atoms with Crippen LogP contribution in [0.4, 0.5) is 5.95 Å². The normalized spacial score (nSPS) is 15.8. The van der Waals surface area contributed by atoms with Gasteiger partial charge in [-0.3, -0.25) is 0 Å². The summed E-state index contributed by atoms with van der Waals surface area (Å²) in [6, 6.07) is 0. The minimum atomic E-state index is -0.981. The molecule has 0 spiro atoms. The van der Waals surface area contributed by atoms with Gasteiger partial charge in [-0.15, -0.1) is 0 Å². The summed E-state index contributed by atoms with van der Waals surface area (Å²) >= 11 is 0. The number of carboxylic acid groups (broad SMARTS) is 1. The molecule has 2 rings (SSSR count). The highest BCUT2D eigenvalue weighted by atomic mass is 16.4. The van der Waals surface area contributed by atoms with Crippen molar-refractivity contribution in [2.75, 3.05) is 11.9 Å². The Hall–Kier alpha value is -1.65. The second kappa shape index (κ2) is 5.80. The van der Waals surface area contributed by atoms with Crippen LogP contribution in [0.5, 0.6) is 0 Å². The SMILES string of the molecule is Cc1nc(NCCC2CCCC2)ncc1C(=O)O. The molecule has 0 radical (unpaired) electrons. The van der Waals surface area contributed by atoms with Gasteiger partial charge >= 0.3 is 5.97 Å². The van der Waals surface area contributed by atoms with E-state index < -0.39 is 5.97 Å². The molecule has 18 heavy (non-hydrogen) atoms. The summed E-state index contributed by atoms with van der Waals surface area (Å²) in [6.45, 7) is 2.55. The topological polar surface area (TPSA) is 75.1 Å². The molecule has 1 fully saturated rings. The Morgan fingerprint density at radius 1 is 1.50 bits per heavy atom. The molecule has 1 aromatic rings. The van der Waals surface area contributed by atoms with Crippen molar-refractivity contribution in [3.05, 3.63) is 17.5 Å². The van der Waals surface area contributed by atoms with Gasteiger partial charge in [0.25, 0.3) is 0 Å². The number of rotatable bonds is 5. The third-order valence-corrected chi connectivity index (χ3v) is 3.52. The molecule has 0 unspecified atom stereocenters. The zero-order chi connectivity index (χ0) is 13.0. The Kier molecular flexibility index (Phi) is 4.12. The van der Waals surface area contributed by atoms with Crippen LogP contribution in [0, 0.1) is 12.8 Å². The third kappa shape index (κ3) is 3.18. The Bertz CT molecular complexity index is 428. The molecule has 5 heteroatoms. The average molecular weight is 249 g/mol. The second-order valence-corrected chi connectivity index (χ2v) is 4.86. The van der Waals surface area contributed by atoms with Crippen molar-refractivity contribution in [3.8, 4) is 0 Å². The maximum atomic E-state index is 10.8. The van der Waals surface area contributed by atoms with Gasteiger partial charge in [0.1, 0.15) is 0 Å². The van der Waals surface area contributed by atoms with Gasteiger partial charge in [0.15, 0.2) is 0 Å². The van der Waals surface area contributed by atoms with Crippen LogP contribution in [0.15, 0.2) is 6.20 Å². The van der Waals surface area contributed by atoms with E-state index in [-0.39, 0.29) is 5.56 Å². The zero-order valence-corrected chi connectivity index (χ0v) is 10.6. The Balaban J connectivity index is 1.85. The monoisotopic (exact) mass is 249 g/mol. The highest BCUT2D eigenvalue weighted by Crippen LogP contribution is 2.27. The first-order valence-corrected chi connectivity index (χ1v) is 6.47. The molecule has 1 aliphatic rings. The quantitative estimate of drug-likeness (QED) is 0.838. The largest absolute Gasteiger partial charge is 0.478 e. The summed E-state index contributed by atoms with van der Waals surface area (Å²) in [5.41, 5.74) is 0.664. The fourth-order valence-corrected chi connectivity index (χ4v) is 2.45. The lowest BCUT2D eigenvalue weighted by Crippen LogP contribution is -2.11. The van der Waals surface area contributed by atoms with E-state index in [1.54, 1.807) is 6.92 Å². The van der Waals surface area contributed by atoms with E-state index in [1.807, 2.05) is 0 Å². The number of carbonyl (C=O) groups is 1. The van der Waals surface area contributed by atoms with Gasteiger partial charge < -0.3 is 10.4 Å². The number of anilines is 1. The van der Waals surface area contributed by atoms with Crippen molar-refractivity contribution in [2.45, 2.75) is 39.0 Å². The number of aryl methyl sites for hydroxylation is 1. The first-order valence-electron chi connectivity index (χ1n) is 6.47. The molecule has 5 nitrogen and oxygen atoms in total. The molecule has 1 saturated carbocycles. The van der Waals surface area contributed by atoms with Crippen molar-refractivity contribution in [1.29, 1.82) is 0 Å². The molecule has 1 aliphatic carbocycles. The minimum absolute atomic E-state index is 0.163. The van der Waals surface area contributed by atoms with Gasteiger partial charge in [-0.1, -0.05) is 25.7 Å². The van der Waals surface area contributed by atoms with E-state index in [4.69, 9.17) is 5.11 Å². The minimum Gasteiger partial charge on any atom is -0.478 e. The van der Waals surface area contributed by atoms with Gasteiger partial charge in [0, 0.05) is 12.7 Å². The molecular weight excluding hydrogens is 230 g/mol. The molecular formula is C13H19N3O2. The highest BCUT2D eigenvalue weighted by Gasteiger charge is 2.14. The Morgan fingerprint density at radius 2 is 2.22 bits per heavy atom. The van der Waals surface area contributed by atoms with Crippen molar-refractivity contribution >= 4 is 11.9 Å². The summed E-state index contributed by atoms with van der Waals surface area (Å²) in [6.07, 6.45) is 7.88. The second-order valence-electron chi connectivity index (χ2n) is 4.86. The summed E-state index contributed by atoms with van der Waals surface area (Å²) in [5, 5.41) is 12.0. The van der Waals surface area contributed by atoms with E-state index in [0.717, 1.165) is 18.9 Å².